The van der Waals surface area contributed by atoms with Gasteiger partial charge in [-0.15, -0.1) is 5.10 Å². The molecule has 0 aliphatic carbocycles. The molecule has 0 aromatic carbocycles. The summed E-state index contributed by atoms with van der Waals surface area (Å²) in [6.07, 6.45) is 4.22. The molecule has 1 saturated heterocycles. The lowest BCUT2D eigenvalue weighted by atomic mass is 10.0. The van der Waals surface area contributed by atoms with Crippen molar-refractivity contribution in [1.82, 2.24) is 20.2 Å². The molecular weight excluding hydrogens is 454 g/mol. The lowest BCUT2D eigenvalue weighted by Crippen LogP contribution is -2.14. The maximum absolute atomic E-state index is 13.1. The Labute approximate surface area is 194 Å². The summed E-state index contributed by atoms with van der Waals surface area (Å²) in [6, 6.07) is 3.44. The van der Waals surface area contributed by atoms with Crippen LogP contribution in [0.4, 0.5) is 5.13 Å². The van der Waals surface area contributed by atoms with Gasteiger partial charge >= 0.3 is 0 Å². The first kappa shape index (κ1) is 22.4. The molecule has 9 nitrogen and oxygen atoms in total. The predicted molar refractivity (Wildman–Crippen MR) is 121 cm³/mol. The Morgan fingerprint density at radius 3 is 2.88 bits per heavy atom. The Morgan fingerprint density at radius 1 is 1.28 bits per heavy atom. The third kappa shape index (κ3) is 5.14. The van der Waals surface area contributed by atoms with Crippen molar-refractivity contribution in [1.29, 1.82) is 0 Å². The second-order valence-electron chi connectivity index (χ2n) is 7.46. The maximum Gasteiger partial charge on any atom is 0.295 e. The largest absolute Gasteiger partial charge is 0.494 e. The molecule has 168 valence electrons. The number of rotatable bonds is 7. The van der Waals surface area contributed by atoms with E-state index in [1.807, 2.05) is 13.8 Å². The van der Waals surface area contributed by atoms with Crippen molar-refractivity contribution in [3.8, 4) is 22.1 Å². The van der Waals surface area contributed by atoms with Crippen LogP contribution in [0.5, 0.6) is 10.9 Å². The monoisotopic (exact) mass is 475 g/mol. The van der Waals surface area contributed by atoms with E-state index < -0.39 is 0 Å². The summed E-state index contributed by atoms with van der Waals surface area (Å²) in [4.78, 5) is 21.4. The van der Waals surface area contributed by atoms with Gasteiger partial charge in [0.2, 0.25) is 5.13 Å². The molecule has 2 unspecified atom stereocenters. The number of pyridine rings is 2. The van der Waals surface area contributed by atoms with E-state index in [9.17, 15) is 4.79 Å². The van der Waals surface area contributed by atoms with Gasteiger partial charge in [-0.3, -0.25) is 15.1 Å². The molecule has 0 spiro atoms. The minimum absolute atomic E-state index is 0.249. The molecule has 0 bridgehead atoms. The minimum Gasteiger partial charge on any atom is -0.494 e. The average Bonchev–Trinajstić information content (AvgIpc) is 3.40. The second-order valence-corrected chi connectivity index (χ2v) is 8.79. The fraction of sp³-hybridized carbons (Fsp3) is 0.381. The van der Waals surface area contributed by atoms with Gasteiger partial charge in [-0.25, -0.2) is 4.98 Å². The number of aromatic nitrogens is 4. The van der Waals surface area contributed by atoms with E-state index >= 15 is 0 Å². The number of methoxy groups -OCH3 is 1. The molecule has 1 aliphatic rings. The van der Waals surface area contributed by atoms with Crippen LogP contribution in [0.3, 0.4) is 0 Å². The normalized spacial score (nSPS) is 17.9. The van der Waals surface area contributed by atoms with Crippen LogP contribution >= 0.6 is 22.9 Å². The van der Waals surface area contributed by atoms with Crippen molar-refractivity contribution in [3.05, 3.63) is 40.9 Å². The highest BCUT2D eigenvalue weighted by Gasteiger charge is 2.23. The molecule has 1 N–H and O–H groups in total. The summed E-state index contributed by atoms with van der Waals surface area (Å²) in [5.41, 5.74) is 2.33. The Bertz CT molecular complexity index is 1130. The average molecular weight is 476 g/mol. The highest BCUT2D eigenvalue weighted by molar-refractivity contribution is 7.17. The number of ether oxygens (including phenoxy) is 3. The van der Waals surface area contributed by atoms with Crippen LogP contribution in [0.25, 0.3) is 11.1 Å². The SMILES string of the molecule is COc1cnc(Cl)cc1-c1cc(C)ncc1C(=O)Nc1nnc(OCC2COC(C)C2)s1. The van der Waals surface area contributed by atoms with E-state index in [1.54, 1.807) is 12.1 Å². The summed E-state index contributed by atoms with van der Waals surface area (Å²) in [5, 5.41) is 11.8. The Hall–Kier alpha value is -2.82. The van der Waals surface area contributed by atoms with E-state index in [-0.39, 0.29) is 17.2 Å². The first-order valence-electron chi connectivity index (χ1n) is 9.98. The Morgan fingerprint density at radius 2 is 2.12 bits per heavy atom. The van der Waals surface area contributed by atoms with Crippen molar-refractivity contribution in [2.24, 2.45) is 5.92 Å². The number of hydrogen-bond acceptors (Lipinski definition) is 9. The van der Waals surface area contributed by atoms with Crippen LogP contribution in [-0.2, 0) is 4.74 Å². The number of aryl methyl sites for hydroxylation is 1. The number of amides is 1. The van der Waals surface area contributed by atoms with E-state index in [4.69, 9.17) is 25.8 Å². The quantitative estimate of drug-likeness (QED) is 0.510. The molecule has 4 heterocycles. The Balaban J connectivity index is 1.51. The molecule has 1 aliphatic heterocycles. The maximum atomic E-state index is 13.1. The molecule has 1 fully saturated rings. The van der Waals surface area contributed by atoms with Crippen molar-refractivity contribution in [3.63, 3.8) is 0 Å². The lowest BCUT2D eigenvalue weighted by Gasteiger charge is -2.13. The molecule has 11 heteroatoms. The number of nitrogens with one attached hydrogen (secondary N) is 1. The van der Waals surface area contributed by atoms with Crippen LogP contribution in [0.15, 0.2) is 24.5 Å². The summed E-state index contributed by atoms with van der Waals surface area (Å²) < 4.78 is 16.7. The van der Waals surface area contributed by atoms with E-state index in [0.29, 0.717) is 51.9 Å². The summed E-state index contributed by atoms with van der Waals surface area (Å²) in [5.74, 6) is 0.435. The zero-order valence-electron chi connectivity index (χ0n) is 17.8. The lowest BCUT2D eigenvalue weighted by molar-refractivity contribution is 0.102. The van der Waals surface area contributed by atoms with Gasteiger partial charge in [0.05, 0.1) is 38.2 Å². The third-order valence-corrected chi connectivity index (χ3v) is 5.94. The predicted octanol–water partition coefficient (Wildman–Crippen LogP) is 4.02. The molecular formula is C21H22ClN5O4S. The number of carbonyl (C=O) groups is 1. The van der Waals surface area contributed by atoms with E-state index in [2.05, 4.69) is 25.5 Å². The minimum atomic E-state index is -0.386. The zero-order valence-corrected chi connectivity index (χ0v) is 19.4. The van der Waals surface area contributed by atoms with Gasteiger partial charge in [0.15, 0.2) is 0 Å². The molecule has 3 aromatic rings. The number of nitrogens with zero attached hydrogens (tertiary/aromatic N) is 4. The zero-order chi connectivity index (χ0) is 22.7. The molecule has 0 saturated carbocycles. The smallest absolute Gasteiger partial charge is 0.295 e. The molecule has 0 radical (unpaired) electrons. The first-order chi connectivity index (χ1) is 15.4. The van der Waals surface area contributed by atoms with Gasteiger partial charge in [0.25, 0.3) is 11.1 Å². The van der Waals surface area contributed by atoms with Gasteiger partial charge < -0.3 is 14.2 Å². The topological polar surface area (TPSA) is 108 Å². The van der Waals surface area contributed by atoms with Gasteiger partial charge in [0.1, 0.15) is 10.9 Å². The summed E-state index contributed by atoms with van der Waals surface area (Å²) >= 11 is 7.25. The Kier molecular flexibility index (Phi) is 6.83. The number of anilines is 1. The molecule has 4 rings (SSSR count). The van der Waals surface area contributed by atoms with Crippen molar-refractivity contribution >= 4 is 34.0 Å². The van der Waals surface area contributed by atoms with Crippen LogP contribution < -0.4 is 14.8 Å². The van der Waals surface area contributed by atoms with Gasteiger partial charge in [0, 0.05) is 28.9 Å². The fourth-order valence-electron chi connectivity index (χ4n) is 3.45. The number of hydrogen-bond donors (Lipinski definition) is 1. The summed E-state index contributed by atoms with van der Waals surface area (Å²) in [7, 11) is 1.53. The van der Waals surface area contributed by atoms with Crippen LogP contribution in [-0.4, -0.2) is 52.5 Å². The molecule has 32 heavy (non-hydrogen) atoms. The first-order valence-corrected chi connectivity index (χ1v) is 11.2. The molecule has 3 aromatic heterocycles. The van der Waals surface area contributed by atoms with Crippen molar-refractivity contribution in [2.75, 3.05) is 25.6 Å². The van der Waals surface area contributed by atoms with Crippen molar-refractivity contribution < 1.29 is 19.0 Å². The number of carbonyl (C=O) groups excluding carboxylic acids is 1. The van der Waals surface area contributed by atoms with E-state index in [0.717, 1.165) is 23.5 Å². The fourth-order valence-corrected chi connectivity index (χ4v) is 4.21. The highest BCUT2D eigenvalue weighted by atomic mass is 35.5. The van der Waals surface area contributed by atoms with Crippen LogP contribution in [0.2, 0.25) is 5.15 Å². The van der Waals surface area contributed by atoms with Gasteiger partial charge in [-0.1, -0.05) is 16.7 Å². The third-order valence-electron chi connectivity index (χ3n) is 4.98. The molecule has 2 atom stereocenters. The van der Waals surface area contributed by atoms with Crippen molar-refractivity contribution in [2.45, 2.75) is 26.4 Å². The van der Waals surface area contributed by atoms with Gasteiger partial charge in [-0.2, -0.15) is 0 Å². The van der Waals surface area contributed by atoms with E-state index in [1.165, 1.54) is 19.5 Å². The number of halogens is 1. The molecule has 1 amide bonds. The second kappa shape index (κ2) is 9.76. The standard InChI is InChI=1S/C21H22ClN5O4S/c1-11-4-14(15-6-18(22)24-8-17(15)29-3)16(7-23-11)19(28)25-20-26-27-21(32-20)31-10-13-5-12(2)30-9-13/h4,6-8,12-13H,5,9-10H2,1-3H3,(H,25,26,28). The highest BCUT2D eigenvalue weighted by Crippen LogP contribution is 2.34. The van der Waals surface area contributed by atoms with Gasteiger partial charge in [-0.05, 0) is 43.7 Å². The van der Waals surface area contributed by atoms with Crippen LogP contribution in [0, 0.1) is 12.8 Å². The van der Waals surface area contributed by atoms with Crippen LogP contribution in [0.1, 0.15) is 29.4 Å². The summed E-state index contributed by atoms with van der Waals surface area (Å²) in [6.45, 7) is 5.06.